The van der Waals surface area contributed by atoms with Crippen LogP contribution in [0, 0.1) is 0 Å². The Bertz CT molecular complexity index is 507. The summed E-state index contributed by atoms with van der Waals surface area (Å²) in [6.45, 7) is 4.17. The molecule has 2 rings (SSSR count). The minimum Gasteiger partial charge on any atom is -0.355 e. The summed E-state index contributed by atoms with van der Waals surface area (Å²) in [5, 5.41) is 2.86. The van der Waals surface area contributed by atoms with Gasteiger partial charge in [0.2, 0.25) is 11.8 Å². The third-order valence-corrected chi connectivity index (χ3v) is 5.11. The predicted octanol–water partition coefficient (Wildman–Crippen LogP) is 3.08. The number of nitrogens with zero attached hydrogens (tertiary/aromatic N) is 1. The van der Waals surface area contributed by atoms with E-state index in [0.29, 0.717) is 13.0 Å². The first-order valence-corrected chi connectivity index (χ1v) is 9.32. The molecule has 1 N–H and O–H groups in total. The van der Waals surface area contributed by atoms with E-state index in [4.69, 9.17) is 0 Å². The summed E-state index contributed by atoms with van der Waals surface area (Å²) in [5.41, 5.74) is 0. The largest absolute Gasteiger partial charge is 0.355 e. The van der Waals surface area contributed by atoms with Crippen molar-refractivity contribution in [2.75, 3.05) is 19.6 Å². The number of carbonyl (C=O) groups excluding carboxylic acids is 2. The van der Waals surface area contributed by atoms with Gasteiger partial charge in [0.15, 0.2) is 0 Å². The zero-order chi connectivity index (χ0) is 16.5. The average molecular weight is 334 g/mol. The Morgan fingerprint density at radius 3 is 2.83 bits per heavy atom. The second kappa shape index (κ2) is 9.60. The van der Waals surface area contributed by atoms with Crippen molar-refractivity contribution in [2.45, 2.75) is 49.2 Å². The van der Waals surface area contributed by atoms with Crippen LogP contribution < -0.4 is 5.32 Å². The smallest absolute Gasteiger partial charge is 0.233 e. The molecule has 1 aliphatic heterocycles. The average Bonchev–Trinajstić information content (AvgIpc) is 2.77. The minimum atomic E-state index is -0.114. The summed E-state index contributed by atoms with van der Waals surface area (Å²) in [6, 6.07) is 9.95. The first kappa shape index (κ1) is 17.9. The van der Waals surface area contributed by atoms with E-state index in [9.17, 15) is 9.59 Å². The molecule has 1 atom stereocenters. The van der Waals surface area contributed by atoms with Crippen LogP contribution in [0.15, 0.2) is 35.2 Å². The van der Waals surface area contributed by atoms with E-state index in [-0.39, 0.29) is 17.1 Å². The van der Waals surface area contributed by atoms with Gasteiger partial charge >= 0.3 is 0 Å². The number of carbonyl (C=O) groups is 2. The molecule has 1 aliphatic rings. The van der Waals surface area contributed by atoms with Crippen LogP contribution in [0.3, 0.4) is 0 Å². The van der Waals surface area contributed by atoms with Crippen molar-refractivity contribution >= 4 is 23.6 Å². The number of hydrogen-bond donors (Lipinski definition) is 1. The van der Waals surface area contributed by atoms with E-state index in [1.807, 2.05) is 42.2 Å². The van der Waals surface area contributed by atoms with E-state index in [1.165, 1.54) is 0 Å². The van der Waals surface area contributed by atoms with Crippen LogP contribution >= 0.6 is 11.8 Å². The molecule has 0 aliphatic carbocycles. The standard InChI is InChI=1S/C18H26N2O2S/c1-15(23-16-9-4-2-5-10-16)18(22)19-12-8-14-20-13-7-3-6-11-17(20)21/h2,4-5,9-10,15H,3,6-8,11-14H2,1H3,(H,19,22). The van der Waals surface area contributed by atoms with Crippen LogP contribution in [0.4, 0.5) is 0 Å². The first-order valence-electron chi connectivity index (χ1n) is 8.44. The Morgan fingerprint density at radius 1 is 1.26 bits per heavy atom. The molecule has 23 heavy (non-hydrogen) atoms. The molecule has 0 spiro atoms. The van der Waals surface area contributed by atoms with Crippen molar-refractivity contribution in [3.63, 3.8) is 0 Å². The summed E-state index contributed by atoms with van der Waals surface area (Å²) in [5.74, 6) is 0.322. The van der Waals surface area contributed by atoms with E-state index < -0.39 is 0 Å². The number of likely N-dealkylation sites (tertiary alicyclic amines) is 1. The van der Waals surface area contributed by atoms with Crippen LogP contribution in [0.1, 0.15) is 39.0 Å². The lowest BCUT2D eigenvalue weighted by molar-refractivity contribution is -0.130. The van der Waals surface area contributed by atoms with Gasteiger partial charge in [-0.15, -0.1) is 11.8 Å². The van der Waals surface area contributed by atoms with Crippen molar-refractivity contribution < 1.29 is 9.59 Å². The zero-order valence-electron chi connectivity index (χ0n) is 13.8. The Hall–Kier alpha value is -1.49. The predicted molar refractivity (Wildman–Crippen MR) is 94.4 cm³/mol. The minimum absolute atomic E-state index is 0.0565. The SMILES string of the molecule is CC(Sc1ccccc1)C(=O)NCCCN1CCCCCC1=O. The van der Waals surface area contributed by atoms with Crippen LogP contribution in [0.5, 0.6) is 0 Å². The maximum atomic E-state index is 12.1. The molecule has 1 saturated heterocycles. The molecule has 1 heterocycles. The zero-order valence-corrected chi connectivity index (χ0v) is 14.6. The lowest BCUT2D eigenvalue weighted by atomic mass is 10.2. The molecule has 1 fully saturated rings. The fourth-order valence-electron chi connectivity index (χ4n) is 2.66. The number of nitrogens with one attached hydrogen (secondary N) is 1. The normalized spacial score (nSPS) is 16.7. The van der Waals surface area contributed by atoms with Gasteiger partial charge in [-0.1, -0.05) is 24.6 Å². The van der Waals surface area contributed by atoms with Gasteiger partial charge < -0.3 is 10.2 Å². The number of hydrogen-bond acceptors (Lipinski definition) is 3. The summed E-state index contributed by atoms with van der Waals surface area (Å²) >= 11 is 1.56. The molecule has 5 heteroatoms. The van der Waals surface area contributed by atoms with Gasteiger partial charge in [-0.2, -0.15) is 0 Å². The van der Waals surface area contributed by atoms with Crippen molar-refractivity contribution in [3.05, 3.63) is 30.3 Å². The molecule has 2 amide bonds. The molecule has 0 radical (unpaired) electrons. The second-order valence-corrected chi connectivity index (χ2v) is 7.32. The van der Waals surface area contributed by atoms with Crippen molar-refractivity contribution in [2.24, 2.45) is 0 Å². The van der Waals surface area contributed by atoms with Gasteiger partial charge in [0.1, 0.15) is 0 Å². The van der Waals surface area contributed by atoms with Crippen LogP contribution in [-0.4, -0.2) is 41.6 Å². The summed E-state index contributed by atoms with van der Waals surface area (Å²) in [7, 11) is 0. The monoisotopic (exact) mass is 334 g/mol. The Labute approximate surface area is 143 Å². The third-order valence-electron chi connectivity index (χ3n) is 4.00. The lowest BCUT2D eigenvalue weighted by Gasteiger charge is -2.20. The molecule has 4 nitrogen and oxygen atoms in total. The third kappa shape index (κ3) is 6.26. The molecule has 1 unspecified atom stereocenters. The van der Waals surface area contributed by atoms with Gasteiger partial charge in [-0.25, -0.2) is 0 Å². The molecular weight excluding hydrogens is 308 g/mol. The molecular formula is C18H26N2O2S. The molecule has 1 aromatic rings. The van der Waals surface area contributed by atoms with E-state index in [2.05, 4.69) is 5.32 Å². The summed E-state index contributed by atoms with van der Waals surface area (Å²) in [4.78, 5) is 27.0. The van der Waals surface area contributed by atoms with Gasteiger partial charge in [0, 0.05) is 31.0 Å². The maximum Gasteiger partial charge on any atom is 0.233 e. The number of thioether (sulfide) groups is 1. The van der Waals surface area contributed by atoms with Crippen molar-refractivity contribution in [1.82, 2.24) is 10.2 Å². The lowest BCUT2D eigenvalue weighted by Crippen LogP contribution is -2.35. The number of rotatable bonds is 7. The highest BCUT2D eigenvalue weighted by Gasteiger charge is 2.17. The highest BCUT2D eigenvalue weighted by Crippen LogP contribution is 2.22. The molecule has 126 valence electrons. The van der Waals surface area contributed by atoms with Crippen LogP contribution in [0.2, 0.25) is 0 Å². The Morgan fingerprint density at radius 2 is 2.04 bits per heavy atom. The molecule has 0 bridgehead atoms. The fraction of sp³-hybridized carbons (Fsp3) is 0.556. The highest BCUT2D eigenvalue weighted by atomic mass is 32.2. The number of benzene rings is 1. The van der Waals surface area contributed by atoms with Crippen molar-refractivity contribution in [3.8, 4) is 0 Å². The molecule has 1 aromatic carbocycles. The molecule has 0 saturated carbocycles. The van der Waals surface area contributed by atoms with Gasteiger partial charge in [-0.3, -0.25) is 9.59 Å². The summed E-state index contributed by atoms with van der Waals surface area (Å²) < 4.78 is 0. The fourth-order valence-corrected chi connectivity index (χ4v) is 3.57. The molecule has 0 aromatic heterocycles. The van der Waals surface area contributed by atoms with Crippen LogP contribution in [0.25, 0.3) is 0 Å². The Balaban J connectivity index is 1.65. The van der Waals surface area contributed by atoms with Gasteiger partial charge in [-0.05, 0) is 38.3 Å². The van der Waals surface area contributed by atoms with Crippen molar-refractivity contribution in [1.29, 1.82) is 0 Å². The van der Waals surface area contributed by atoms with E-state index in [1.54, 1.807) is 11.8 Å². The quantitative estimate of drug-likeness (QED) is 0.616. The Kier molecular flexibility index (Phi) is 7.46. The van der Waals surface area contributed by atoms with Crippen LogP contribution in [-0.2, 0) is 9.59 Å². The van der Waals surface area contributed by atoms with E-state index >= 15 is 0 Å². The van der Waals surface area contributed by atoms with Gasteiger partial charge in [0.25, 0.3) is 0 Å². The second-order valence-electron chi connectivity index (χ2n) is 5.91. The highest BCUT2D eigenvalue weighted by molar-refractivity contribution is 8.00. The number of amides is 2. The summed E-state index contributed by atoms with van der Waals surface area (Å²) in [6.07, 6.45) is 4.76. The maximum absolute atomic E-state index is 12.1. The van der Waals surface area contributed by atoms with Gasteiger partial charge in [0.05, 0.1) is 5.25 Å². The van der Waals surface area contributed by atoms with E-state index in [0.717, 1.165) is 43.7 Å². The topological polar surface area (TPSA) is 49.4 Å². The first-order chi connectivity index (χ1) is 11.2.